The van der Waals surface area contributed by atoms with E-state index in [4.69, 9.17) is 11.6 Å². The molecule has 1 aromatic heterocycles. The third-order valence-electron chi connectivity index (χ3n) is 4.51. The van der Waals surface area contributed by atoms with Crippen LogP contribution < -0.4 is 5.32 Å². The van der Waals surface area contributed by atoms with E-state index < -0.39 is 0 Å². The second kappa shape index (κ2) is 9.46. The summed E-state index contributed by atoms with van der Waals surface area (Å²) in [6.07, 6.45) is 2.58. The molecule has 0 aliphatic heterocycles. The number of nitrogens with zero attached hydrogens (tertiary/aromatic N) is 4. The molecular formula is C21H24ClN5O. The average molecular weight is 398 g/mol. The predicted molar refractivity (Wildman–Crippen MR) is 109 cm³/mol. The monoisotopic (exact) mass is 397 g/mol. The third-order valence-corrected chi connectivity index (χ3v) is 4.88. The van der Waals surface area contributed by atoms with Crippen LogP contribution in [0.4, 0.5) is 0 Å². The van der Waals surface area contributed by atoms with Crippen LogP contribution in [0.25, 0.3) is 5.69 Å². The van der Waals surface area contributed by atoms with Gasteiger partial charge in [-0.2, -0.15) is 0 Å². The Balaban J connectivity index is 1.56. The van der Waals surface area contributed by atoms with Crippen LogP contribution in [0.1, 0.15) is 37.2 Å². The maximum atomic E-state index is 12.4. The van der Waals surface area contributed by atoms with E-state index >= 15 is 0 Å². The number of hydrogen-bond donors (Lipinski definition) is 1. The number of amides is 1. The number of tetrazole rings is 1. The minimum Gasteiger partial charge on any atom is -0.352 e. The van der Waals surface area contributed by atoms with E-state index in [0.717, 1.165) is 24.1 Å². The molecule has 1 amide bonds. The summed E-state index contributed by atoms with van der Waals surface area (Å²) < 4.78 is 0. The Bertz CT molecular complexity index is 923. The van der Waals surface area contributed by atoms with Gasteiger partial charge >= 0.3 is 0 Å². The molecule has 1 atom stereocenters. The van der Waals surface area contributed by atoms with Crippen molar-refractivity contribution in [1.29, 1.82) is 0 Å². The molecule has 0 bridgehead atoms. The SMILES string of the molecule is CCCc1ccc(-n2nnc(CC(C)C(=O)NCc3ccccc3Cl)n2)cc1. The fourth-order valence-electron chi connectivity index (χ4n) is 2.88. The summed E-state index contributed by atoms with van der Waals surface area (Å²) in [5.74, 6) is 0.199. The molecule has 3 rings (SSSR count). The van der Waals surface area contributed by atoms with Crippen molar-refractivity contribution >= 4 is 17.5 Å². The summed E-state index contributed by atoms with van der Waals surface area (Å²) in [4.78, 5) is 13.9. The van der Waals surface area contributed by atoms with E-state index in [-0.39, 0.29) is 11.8 Å². The number of hydrogen-bond acceptors (Lipinski definition) is 4. The molecule has 0 aliphatic carbocycles. The molecule has 0 saturated heterocycles. The highest BCUT2D eigenvalue weighted by Crippen LogP contribution is 2.15. The van der Waals surface area contributed by atoms with Gasteiger partial charge in [0.2, 0.25) is 5.91 Å². The Hall–Kier alpha value is -2.73. The molecule has 0 radical (unpaired) electrons. The van der Waals surface area contributed by atoms with Crippen molar-refractivity contribution in [3.05, 3.63) is 70.5 Å². The molecule has 146 valence electrons. The van der Waals surface area contributed by atoms with Gasteiger partial charge in [-0.15, -0.1) is 15.0 Å². The van der Waals surface area contributed by atoms with Gasteiger partial charge in [0.25, 0.3) is 0 Å². The zero-order valence-electron chi connectivity index (χ0n) is 16.1. The molecule has 7 heteroatoms. The first-order chi connectivity index (χ1) is 13.6. The Morgan fingerprint density at radius 1 is 1.18 bits per heavy atom. The van der Waals surface area contributed by atoms with Crippen molar-refractivity contribution in [3.8, 4) is 5.69 Å². The average Bonchev–Trinajstić information content (AvgIpc) is 3.16. The van der Waals surface area contributed by atoms with Crippen LogP contribution in [0.5, 0.6) is 0 Å². The highest BCUT2D eigenvalue weighted by Gasteiger charge is 2.17. The van der Waals surface area contributed by atoms with Crippen LogP contribution in [-0.2, 0) is 24.2 Å². The van der Waals surface area contributed by atoms with Crippen molar-refractivity contribution in [2.45, 2.75) is 39.7 Å². The van der Waals surface area contributed by atoms with Gasteiger partial charge < -0.3 is 5.32 Å². The molecule has 28 heavy (non-hydrogen) atoms. The van der Waals surface area contributed by atoms with Crippen molar-refractivity contribution in [1.82, 2.24) is 25.5 Å². The van der Waals surface area contributed by atoms with Gasteiger partial charge in [-0.25, -0.2) is 0 Å². The first kappa shape index (κ1) is 20.0. The molecule has 0 saturated carbocycles. The number of halogens is 1. The maximum Gasteiger partial charge on any atom is 0.223 e. The van der Waals surface area contributed by atoms with Crippen molar-refractivity contribution < 1.29 is 4.79 Å². The highest BCUT2D eigenvalue weighted by atomic mass is 35.5. The number of carbonyl (C=O) groups excluding carboxylic acids is 1. The van der Waals surface area contributed by atoms with Gasteiger partial charge in [-0.05, 0) is 41.0 Å². The summed E-state index contributed by atoms with van der Waals surface area (Å²) in [6.45, 7) is 4.40. The molecule has 3 aromatic rings. The first-order valence-electron chi connectivity index (χ1n) is 9.46. The molecule has 1 heterocycles. The summed E-state index contributed by atoms with van der Waals surface area (Å²) in [7, 11) is 0. The van der Waals surface area contributed by atoms with E-state index in [0.29, 0.717) is 23.8 Å². The predicted octanol–water partition coefficient (Wildman–Crippen LogP) is 3.76. The zero-order valence-corrected chi connectivity index (χ0v) is 16.9. The molecule has 0 aliphatic rings. The largest absolute Gasteiger partial charge is 0.352 e. The fraction of sp³-hybridized carbons (Fsp3) is 0.333. The number of aryl methyl sites for hydroxylation is 1. The Labute approximate surface area is 169 Å². The molecule has 2 aromatic carbocycles. The summed E-state index contributed by atoms with van der Waals surface area (Å²) >= 11 is 6.12. The minimum atomic E-state index is -0.271. The Kier molecular flexibility index (Phi) is 6.76. The van der Waals surface area contributed by atoms with Crippen LogP contribution in [0, 0.1) is 5.92 Å². The van der Waals surface area contributed by atoms with E-state index in [9.17, 15) is 4.79 Å². The summed E-state index contributed by atoms with van der Waals surface area (Å²) in [6, 6.07) is 15.6. The number of benzene rings is 2. The quantitative estimate of drug-likeness (QED) is 0.628. The van der Waals surface area contributed by atoms with Gasteiger partial charge in [0.05, 0.1) is 5.69 Å². The van der Waals surface area contributed by atoms with Gasteiger partial charge in [0.15, 0.2) is 5.82 Å². The topological polar surface area (TPSA) is 72.7 Å². The van der Waals surface area contributed by atoms with E-state index in [1.807, 2.05) is 43.3 Å². The lowest BCUT2D eigenvalue weighted by Gasteiger charge is -2.11. The molecule has 0 fully saturated rings. The van der Waals surface area contributed by atoms with Crippen LogP contribution >= 0.6 is 11.6 Å². The van der Waals surface area contributed by atoms with E-state index in [2.05, 4.69) is 39.8 Å². The lowest BCUT2D eigenvalue weighted by atomic mass is 10.1. The van der Waals surface area contributed by atoms with Gasteiger partial charge in [-0.3, -0.25) is 4.79 Å². The van der Waals surface area contributed by atoms with Crippen LogP contribution in [0.3, 0.4) is 0 Å². The number of carbonyl (C=O) groups is 1. The standard InChI is InChI=1S/C21H24ClN5O/c1-3-6-16-9-11-18(12-10-16)27-25-20(24-26-27)13-15(2)21(28)23-14-17-7-4-5-8-19(17)22/h4-5,7-12,15H,3,6,13-14H2,1-2H3,(H,23,28). The number of rotatable bonds is 8. The van der Waals surface area contributed by atoms with Gasteiger partial charge in [0, 0.05) is 23.9 Å². The lowest BCUT2D eigenvalue weighted by molar-refractivity contribution is -0.124. The fourth-order valence-corrected chi connectivity index (χ4v) is 3.09. The highest BCUT2D eigenvalue weighted by molar-refractivity contribution is 6.31. The molecular weight excluding hydrogens is 374 g/mol. The van der Waals surface area contributed by atoms with Crippen LogP contribution in [0.15, 0.2) is 48.5 Å². The smallest absolute Gasteiger partial charge is 0.223 e. The molecule has 0 spiro atoms. The lowest BCUT2D eigenvalue weighted by Crippen LogP contribution is -2.30. The molecule has 1 unspecified atom stereocenters. The minimum absolute atomic E-state index is 0.0693. The number of aromatic nitrogens is 4. The van der Waals surface area contributed by atoms with Crippen LogP contribution in [-0.4, -0.2) is 26.1 Å². The van der Waals surface area contributed by atoms with Crippen molar-refractivity contribution in [3.63, 3.8) is 0 Å². The second-order valence-corrected chi connectivity index (χ2v) is 7.23. The second-order valence-electron chi connectivity index (χ2n) is 6.83. The van der Waals surface area contributed by atoms with E-state index in [1.165, 1.54) is 10.4 Å². The van der Waals surface area contributed by atoms with Gasteiger partial charge in [0.1, 0.15) is 0 Å². The van der Waals surface area contributed by atoms with Crippen molar-refractivity contribution in [2.75, 3.05) is 0 Å². The van der Waals surface area contributed by atoms with Crippen LogP contribution in [0.2, 0.25) is 5.02 Å². The molecule has 6 nitrogen and oxygen atoms in total. The zero-order chi connectivity index (χ0) is 19.9. The molecule has 1 N–H and O–H groups in total. The number of nitrogens with one attached hydrogen (secondary N) is 1. The van der Waals surface area contributed by atoms with E-state index in [1.54, 1.807) is 0 Å². The first-order valence-corrected chi connectivity index (χ1v) is 9.84. The Morgan fingerprint density at radius 2 is 1.93 bits per heavy atom. The summed E-state index contributed by atoms with van der Waals surface area (Å²) in [5, 5.41) is 16.2. The Morgan fingerprint density at radius 3 is 2.64 bits per heavy atom. The van der Waals surface area contributed by atoms with Crippen molar-refractivity contribution in [2.24, 2.45) is 5.92 Å². The maximum absolute atomic E-state index is 12.4. The third kappa shape index (κ3) is 5.16. The normalized spacial score (nSPS) is 12.0. The summed E-state index contributed by atoms with van der Waals surface area (Å²) in [5.41, 5.74) is 3.03. The van der Waals surface area contributed by atoms with Gasteiger partial charge in [-0.1, -0.05) is 62.2 Å².